The quantitative estimate of drug-likeness (QED) is 0.619. The first-order valence-electron chi connectivity index (χ1n) is 10.6. The van der Waals surface area contributed by atoms with E-state index in [4.69, 9.17) is 21.7 Å². The number of nitrogens with zero attached hydrogens (tertiary/aromatic N) is 1. The van der Waals surface area contributed by atoms with Gasteiger partial charge in [-0.2, -0.15) is 0 Å². The minimum Gasteiger partial charge on any atom is -0.493 e. The van der Waals surface area contributed by atoms with Gasteiger partial charge in [-0.15, -0.1) is 0 Å². The van der Waals surface area contributed by atoms with E-state index in [1.54, 1.807) is 26.4 Å². The second-order valence-electron chi connectivity index (χ2n) is 8.15. The lowest BCUT2D eigenvalue weighted by Crippen LogP contribution is -2.42. The lowest BCUT2D eigenvalue weighted by atomic mass is 9.87. The monoisotopic (exact) mass is 459 g/mol. The van der Waals surface area contributed by atoms with Crippen molar-refractivity contribution in [1.29, 1.82) is 0 Å². The molecule has 8 heteroatoms. The predicted molar refractivity (Wildman–Crippen MR) is 126 cm³/mol. The topological polar surface area (TPSA) is 62.8 Å². The Bertz CT molecular complexity index is 952. The highest BCUT2D eigenvalue weighted by atomic mass is 32.1. The molecule has 2 atom stereocenters. The van der Waals surface area contributed by atoms with E-state index in [9.17, 15) is 9.18 Å². The summed E-state index contributed by atoms with van der Waals surface area (Å²) in [5.74, 6) is 0.378. The van der Waals surface area contributed by atoms with Crippen LogP contribution in [0.2, 0.25) is 0 Å². The van der Waals surface area contributed by atoms with E-state index in [-0.39, 0.29) is 29.6 Å². The van der Waals surface area contributed by atoms with Gasteiger partial charge >= 0.3 is 0 Å². The molecule has 0 bridgehead atoms. The van der Waals surface area contributed by atoms with Crippen molar-refractivity contribution in [1.82, 2.24) is 15.5 Å². The van der Waals surface area contributed by atoms with E-state index in [1.165, 1.54) is 12.1 Å². The first-order chi connectivity index (χ1) is 15.3. The van der Waals surface area contributed by atoms with Crippen LogP contribution >= 0.6 is 12.2 Å². The third-order valence-corrected chi connectivity index (χ3v) is 5.94. The van der Waals surface area contributed by atoms with E-state index in [2.05, 4.69) is 10.6 Å². The number of amides is 1. The van der Waals surface area contributed by atoms with Crippen molar-refractivity contribution >= 4 is 23.2 Å². The molecule has 1 fully saturated rings. The van der Waals surface area contributed by atoms with Gasteiger partial charge in [0, 0.05) is 37.2 Å². The highest BCUT2D eigenvalue weighted by Gasteiger charge is 2.41. The normalized spacial score (nSPS) is 17.9. The summed E-state index contributed by atoms with van der Waals surface area (Å²) in [5.41, 5.74) is 1.74. The average Bonchev–Trinajstić information content (AvgIpc) is 3.23. The Labute approximate surface area is 194 Å². The fourth-order valence-corrected chi connectivity index (χ4v) is 4.40. The highest BCUT2D eigenvalue weighted by molar-refractivity contribution is 7.80. The SMILES string of the molecule is COc1cccc([C@@H]2CN(C(=S)NC(C)C)C[C@@H]2C(=O)NCc2ccc(F)cc2)c1OC. The van der Waals surface area contributed by atoms with Crippen molar-refractivity contribution in [3.8, 4) is 11.5 Å². The van der Waals surface area contributed by atoms with Crippen LogP contribution in [-0.4, -0.2) is 49.3 Å². The van der Waals surface area contributed by atoms with Gasteiger partial charge in [0.05, 0.1) is 20.1 Å². The van der Waals surface area contributed by atoms with Crippen LogP contribution in [0.3, 0.4) is 0 Å². The van der Waals surface area contributed by atoms with Gasteiger partial charge in [-0.05, 0) is 49.8 Å². The molecule has 0 aromatic heterocycles. The van der Waals surface area contributed by atoms with Gasteiger partial charge in [-0.25, -0.2) is 4.39 Å². The summed E-state index contributed by atoms with van der Waals surface area (Å²) in [5, 5.41) is 6.89. The van der Waals surface area contributed by atoms with Crippen molar-refractivity contribution in [3.05, 3.63) is 59.4 Å². The molecule has 32 heavy (non-hydrogen) atoms. The minimum absolute atomic E-state index is 0.0842. The van der Waals surface area contributed by atoms with E-state index in [0.29, 0.717) is 36.2 Å². The Morgan fingerprint density at radius 1 is 1.16 bits per heavy atom. The van der Waals surface area contributed by atoms with Crippen molar-refractivity contribution < 1.29 is 18.7 Å². The summed E-state index contributed by atoms with van der Waals surface area (Å²) in [6.45, 7) is 5.44. The van der Waals surface area contributed by atoms with Crippen LogP contribution < -0.4 is 20.1 Å². The number of hydrogen-bond donors (Lipinski definition) is 2. The number of thiocarbonyl (C=S) groups is 1. The second kappa shape index (κ2) is 10.6. The fourth-order valence-electron chi connectivity index (χ4n) is 4.02. The number of likely N-dealkylation sites (tertiary alicyclic amines) is 1. The lowest BCUT2D eigenvalue weighted by Gasteiger charge is -2.23. The molecule has 0 spiro atoms. The van der Waals surface area contributed by atoms with Gasteiger partial charge in [-0.3, -0.25) is 4.79 Å². The summed E-state index contributed by atoms with van der Waals surface area (Å²) >= 11 is 5.59. The Morgan fingerprint density at radius 2 is 1.88 bits per heavy atom. The molecule has 2 N–H and O–H groups in total. The molecule has 0 radical (unpaired) electrons. The van der Waals surface area contributed by atoms with Gasteiger partial charge in [0.2, 0.25) is 5.91 Å². The molecule has 2 aromatic carbocycles. The predicted octanol–water partition coefficient (Wildman–Crippen LogP) is 3.46. The molecule has 1 saturated heterocycles. The molecular formula is C24H30FN3O3S. The fraction of sp³-hybridized carbons (Fsp3) is 0.417. The molecular weight excluding hydrogens is 429 g/mol. The van der Waals surface area contributed by atoms with Gasteiger partial charge < -0.3 is 25.0 Å². The van der Waals surface area contributed by atoms with Crippen LogP contribution in [0.15, 0.2) is 42.5 Å². The first kappa shape index (κ1) is 23.8. The Balaban J connectivity index is 1.85. The van der Waals surface area contributed by atoms with Gasteiger partial charge in [0.25, 0.3) is 0 Å². The third-order valence-electron chi connectivity index (χ3n) is 5.57. The molecule has 1 amide bonds. The van der Waals surface area contributed by atoms with Crippen LogP contribution in [-0.2, 0) is 11.3 Å². The zero-order valence-electron chi connectivity index (χ0n) is 18.9. The summed E-state index contributed by atoms with van der Waals surface area (Å²) in [6, 6.07) is 12.0. The molecule has 1 heterocycles. The number of nitrogens with one attached hydrogen (secondary N) is 2. The van der Waals surface area contributed by atoms with Crippen LogP contribution in [0.25, 0.3) is 0 Å². The standard InChI is InChI=1S/C24H30FN3O3S/c1-15(2)27-24(32)28-13-19(18-6-5-7-21(30-3)22(18)31-4)20(14-28)23(29)26-12-16-8-10-17(25)11-9-16/h5-11,15,19-20H,12-14H2,1-4H3,(H,26,29)(H,27,32)/t19-,20-/m0/s1. The zero-order chi connectivity index (χ0) is 23.3. The molecule has 0 saturated carbocycles. The van der Waals surface area contributed by atoms with Gasteiger partial charge in [0.1, 0.15) is 5.82 Å². The second-order valence-corrected chi connectivity index (χ2v) is 8.54. The number of hydrogen-bond acceptors (Lipinski definition) is 4. The number of carbonyl (C=O) groups is 1. The van der Waals surface area contributed by atoms with Crippen molar-refractivity contribution in [3.63, 3.8) is 0 Å². The highest BCUT2D eigenvalue weighted by Crippen LogP contribution is 2.42. The van der Waals surface area contributed by atoms with Crippen molar-refractivity contribution in [2.75, 3.05) is 27.3 Å². The Kier molecular flexibility index (Phi) is 7.90. The van der Waals surface area contributed by atoms with Crippen LogP contribution in [0.4, 0.5) is 4.39 Å². The molecule has 1 aliphatic rings. The summed E-state index contributed by atoms with van der Waals surface area (Å²) < 4.78 is 24.3. The van der Waals surface area contributed by atoms with Gasteiger partial charge in [-0.1, -0.05) is 24.3 Å². The number of methoxy groups -OCH3 is 2. The van der Waals surface area contributed by atoms with E-state index < -0.39 is 0 Å². The molecule has 172 valence electrons. The van der Waals surface area contributed by atoms with Crippen LogP contribution in [0.1, 0.15) is 30.9 Å². The first-order valence-corrected chi connectivity index (χ1v) is 11.0. The molecule has 0 unspecified atom stereocenters. The Hall–Kier alpha value is -2.87. The number of para-hydroxylation sites is 1. The van der Waals surface area contributed by atoms with Crippen molar-refractivity contribution in [2.24, 2.45) is 5.92 Å². The summed E-state index contributed by atoms with van der Waals surface area (Å²) in [7, 11) is 3.19. The zero-order valence-corrected chi connectivity index (χ0v) is 19.7. The molecule has 2 aromatic rings. The minimum atomic E-state index is -0.344. The average molecular weight is 460 g/mol. The van der Waals surface area contributed by atoms with E-state index in [0.717, 1.165) is 11.1 Å². The smallest absolute Gasteiger partial charge is 0.225 e. The maximum atomic E-state index is 13.3. The lowest BCUT2D eigenvalue weighted by molar-refractivity contribution is -0.125. The maximum absolute atomic E-state index is 13.3. The number of benzene rings is 2. The van der Waals surface area contributed by atoms with Crippen molar-refractivity contribution in [2.45, 2.75) is 32.4 Å². The number of halogens is 1. The van der Waals surface area contributed by atoms with Crippen LogP contribution in [0.5, 0.6) is 11.5 Å². The molecule has 6 nitrogen and oxygen atoms in total. The number of ether oxygens (including phenoxy) is 2. The maximum Gasteiger partial charge on any atom is 0.225 e. The molecule has 0 aliphatic carbocycles. The summed E-state index contributed by atoms with van der Waals surface area (Å²) in [4.78, 5) is 15.3. The largest absolute Gasteiger partial charge is 0.493 e. The summed E-state index contributed by atoms with van der Waals surface area (Å²) in [6.07, 6.45) is 0. The van der Waals surface area contributed by atoms with E-state index in [1.807, 2.05) is 36.9 Å². The number of carbonyl (C=O) groups excluding carboxylic acids is 1. The van der Waals surface area contributed by atoms with E-state index >= 15 is 0 Å². The third kappa shape index (κ3) is 5.48. The van der Waals surface area contributed by atoms with Gasteiger partial charge in [0.15, 0.2) is 16.6 Å². The molecule has 3 rings (SSSR count). The number of rotatable bonds is 7. The molecule has 1 aliphatic heterocycles. The Morgan fingerprint density at radius 3 is 2.50 bits per heavy atom. The van der Waals surface area contributed by atoms with Crippen LogP contribution in [0, 0.1) is 11.7 Å².